The van der Waals surface area contributed by atoms with Crippen LogP contribution in [0.2, 0.25) is 0 Å². The van der Waals surface area contributed by atoms with Gasteiger partial charge in [-0.1, -0.05) is 6.07 Å². The minimum atomic E-state index is -1.05. The largest absolute Gasteiger partial charge is 0.478 e. The van der Waals surface area contributed by atoms with Crippen LogP contribution in [0.25, 0.3) is 0 Å². The molecule has 0 bridgehead atoms. The molecule has 1 aliphatic rings. The molecule has 23 heavy (non-hydrogen) atoms. The van der Waals surface area contributed by atoms with Crippen LogP contribution >= 0.6 is 0 Å². The molecule has 0 atom stereocenters. The number of hydrogen-bond donors (Lipinski definition) is 2. The Hall–Kier alpha value is -2.57. The lowest BCUT2D eigenvalue weighted by Gasteiger charge is -2.21. The zero-order chi connectivity index (χ0) is 17.2. The van der Waals surface area contributed by atoms with Crippen LogP contribution in [0.15, 0.2) is 18.2 Å². The molecule has 1 aromatic rings. The van der Waals surface area contributed by atoms with Crippen molar-refractivity contribution in [2.24, 2.45) is 0 Å². The molecule has 0 spiro atoms. The Labute approximate surface area is 134 Å². The molecule has 7 nitrogen and oxygen atoms in total. The van der Waals surface area contributed by atoms with Gasteiger partial charge in [0.1, 0.15) is 5.60 Å². The van der Waals surface area contributed by atoms with Crippen molar-refractivity contribution >= 4 is 18.0 Å². The zero-order valence-corrected chi connectivity index (χ0v) is 13.4. The second kappa shape index (κ2) is 6.28. The van der Waals surface area contributed by atoms with Gasteiger partial charge in [-0.15, -0.1) is 0 Å². The number of carbonyl (C=O) groups is 3. The quantitative estimate of drug-likeness (QED) is 0.883. The Morgan fingerprint density at radius 1 is 1.35 bits per heavy atom. The van der Waals surface area contributed by atoms with E-state index in [4.69, 9.17) is 4.74 Å². The number of carboxylic acids is 1. The average Bonchev–Trinajstić information content (AvgIpc) is 2.73. The number of carboxylic acid groups (broad SMARTS) is 1. The van der Waals surface area contributed by atoms with Gasteiger partial charge >= 0.3 is 12.1 Å². The summed E-state index contributed by atoms with van der Waals surface area (Å²) in [5.41, 5.74) is 0.475. The van der Waals surface area contributed by atoms with Crippen LogP contribution in [0, 0.1) is 0 Å². The summed E-state index contributed by atoms with van der Waals surface area (Å²) in [7, 11) is 0. The molecule has 2 rings (SSSR count). The Morgan fingerprint density at radius 2 is 2.04 bits per heavy atom. The lowest BCUT2D eigenvalue weighted by atomic mass is 10.0. The number of ether oxygens (including phenoxy) is 1. The topological polar surface area (TPSA) is 95.9 Å². The summed E-state index contributed by atoms with van der Waals surface area (Å²) >= 11 is 0. The number of aromatic carboxylic acids is 1. The van der Waals surface area contributed by atoms with Gasteiger partial charge in [-0.25, -0.2) is 9.59 Å². The number of fused-ring (bicyclic) bond motifs is 1. The van der Waals surface area contributed by atoms with Crippen LogP contribution in [0.3, 0.4) is 0 Å². The number of carbonyl (C=O) groups excluding carboxylic acids is 2. The SMILES string of the molecule is CC(C)(C)OC(=O)NCCN1Cc2c(C(=O)O)cccc2C1=O. The van der Waals surface area contributed by atoms with E-state index >= 15 is 0 Å². The smallest absolute Gasteiger partial charge is 0.407 e. The van der Waals surface area contributed by atoms with E-state index in [1.54, 1.807) is 32.9 Å². The van der Waals surface area contributed by atoms with E-state index in [-0.39, 0.29) is 31.1 Å². The summed E-state index contributed by atoms with van der Waals surface area (Å²) in [5.74, 6) is -1.28. The zero-order valence-electron chi connectivity index (χ0n) is 13.4. The van der Waals surface area contributed by atoms with E-state index in [1.807, 2.05) is 0 Å². The van der Waals surface area contributed by atoms with Crippen LogP contribution in [0.5, 0.6) is 0 Å². The van der Waals surface area contributed by atoms with Gasteiger partial charge in [0.25, 0.3) is 5.91 Å². The standard InChI is InChI=1S/C16H20N2O5/c1-16(2,3)23-15(22)17-7-8-18-9-12-10(13(18)19)5-4-6-11(12)14(20)21/h4-6H,7-9H2,1-3H3,(H,17,22)(H,20,21). The van der Waals surface area contributed by atoms with Crippen molar-refractivity contribution in [1.29, 1.82) is 0 Å². The predicted molar refractivity (Wildman–Crippen MR) is 82.4 cm³/mol. The second-order valence-corrected chi connectivity index (χ2v) is 6.29. The van der Waals surface area contributed by atoms with E-state index in [0.717, 1.165) is 0 Å². The molecule has 0 radical (unpaired) electrons. The van der Waals surface area contributed by atoms with Crippen molar-refractivity contribution in [3.63, 3.8) is 0 Å². The number of alkyl carbamates (subject to hydrolysis) is 1. The number of amides is 2. The van der Waals surface area contributed by atoms with Gasteiger partial charge in [-0.3, -0.25) is 4.79 Å². The van der Waals surface area contributed by atoms with Gasteiger partial charge in [0, 0.05) is 25.2 Å². The third-order valence-corrected chi connectivity index (χ3v) is 3.32. The van der Waals surface area contributed by atoms with Crippen LogP contribution in [0.1, 0.15) is 47.1 Å². The lowest BCUT2D eigenvalue weighted by molar-refractivity contribution is 0.0515. The molecule has 1 heterocycles. The molecule has 2 N–H and O–H groups in total. The molecule has 7 heteroatoms. The third kappa shape index (κ3) is 4.00. The first-order valence-corrected chi connectivity index (χ1v) is 7.30. The van der Waals surface area contributed by atoms with Crippen LogP contribution in [-0.4, -0.2) is 46.7 Å². The molecular formula is C16H20N2O5. The summed E-state index contributed by atoms with van der Waals surface area (Å²) in [6.45, 7) is 6.04. The van der Waals surface area contributed by atoms with Crippen LogP contribution in [0.4, 0.5) is 4.79 Å². The van der Waals surface area contributed by atoms with E-state index in [2.05, 4.69) is 5.32 Å². The highest BCUT2D eigenvalue weighted by atomic mass is 16.6. The molecule has 0 saturated carbocycles. The van der Waals surface area contributed by atoms with Crippen molar-refractivity contribution in [3.05, 3.63) is 34.9 Å². The van der Waals surface area contributed by atoms with Gasteiger partial charge in [0.15, 0.2) is 0 Å². The third-order valence-electron chi connectivity index (χ3n) is 3.32. The summed E-state index contributed by atoms with van der Waals surface area (Å²) in [6, 6.07) is 4.66. The van der Waals surface area contributed by atoms with Gasteiger partial charge in [0.2, 0.25) is 0 Å². The molecule has 0 unspecified atom stereocenters. The highest BCUT2D eigenvalue weighted by molar-refractivity contribution is 6.02. The maximum Gasteiger partial charge on any atom is 0.407 e. The number of benzene rings is 1. The van der Waals surface area contributed by atoms with Gasteiger partial charge in [0.05, 0.1) is 5.56 Å². The minimum Gasteiger partial charge on any atom is -0.478 e. The van der Waals surface area contributed by atoms with Crippen molar-refractivity contribution in [3.8, 4) is 0 Å². The summed E-state index contributed by atoms with van der Waals surface area (Å²) in [5, 5.41) is 11.8. The Balaban J connectivity index is 1.94. The highest BCUT2D eigenvalue weighted by Gasteiger charge is 2.30. The maximum absolute atomic E-state index is 12.3. The summed E-state index contributed by atoms with van der Waals surface area (Å²) in [4.78, 5) is 36.5. The van der Waals surface area contributed by atoms with Crippen molar-refractivity contribution < 1.29 is 24.2 Å². The van der Waals surface area contributed by atoms with E-state index in [1.165, 1.54) is 11.0 Å². The van der Waals surface area contributed by atoms with Crippen LogP contribution < -0.4 is 5.32 Å². The minimum absolute atomic E-state index is 0.137. The van der Waals surface area contributed by atoms with Crippen molar-refractivity contribution in [1.82, 2.24) is 10.2 Å². The monoisotopic (exact) mass is 320 g/mol. The molecular weight excluding hydrogens is 300 g/mol. The lowest BCUT2D eigenvalue weighted by Crippen LogP contribution is -2.38. The van der Waals surface area contributed by atoms with E-state index < -0.39 is 17.7 Å². The van der Waals surface area contributed by atoms with E-state index in [9.17, 15) is 19.5 Å². The number of rotatable bonds is 4. The second-order valence-electron chi connectivity index (χ2n) is 6.29. The fourth-order valence-electron chi connectivity index (χ4n) is 2.38. The first-order chi connectivity index (χ1) is 10.7. The van der Waals surface area contributed by atoms with Gasteiger partial charge < -0.3 is 20.1 Å². The number of nitrogens with one attached hydrogen (secondary N) is 1. The number of hydrogen-bond acceptors (Lipinski definition) is 4. The summed E-state index contributed by atoms with van der Waals surface area (Å²) in [6.07, 6.45) is -0.548. The van der Waals surface area contributed by atoms with Crippen molar-refractivity contribution in [2.45, 2.75) is 32.9 Å². The Kier molecular flexibility index (Phi) is 4.58. The fraction of sp³-hybridized carbons (Fsp3) is 0.438. The predicted octanol–water partition coefficient (Wildman–Crippen LogP) is 1.87. The maximum atomic E-state index is 12.3. The van der Waals surface area contributed by atoms with Gasteiger partial charge in [-0.2, -0.15) is 0 Å². The Bertz CT molecular complexity index is 648. The highest BCUT2D eigenvalue weighted by Crippen LogP contribution is 2.25. The molecule has 0 saturated heterocycles. The van der Waals surface area contributed by atoms with E-state index in [0.29, 0.717) is 11.1 Å². The first-order valence-electron chi connectivity index (χ1n) is 7.30. The number of nitrogens with zero attached hydrogens (tertiary/aromatic N) is 1. The molecule has 124 valence electrons. The molecule has 0 aliphatic carbocycles. The normalized spacial score (nSPS) is 13.7. The fourth-order valence-corrected chi connectivity index (χ4v) is 2.38. The van der Waals surface area contributed by atoms with Crippen LogP contribution in [-0.2, 0) is 11.3 Å². The molecule has 0 fully saturated rings. The first kappa shape index (κ1) is 16.8. The molecule has 0 aromatic heterocycles. The molecule has 2 amide bonds. The molecule has 1 aromatic carbocycles. The Morgan fingerprint density at radius 3 is 2.65 bits per heavy atom. The van der Waals surface area contributed by atoms with Gasteiger partial charge in [-0.05, 0) is 38.5 Å². The van der Waals surface area contributed by atoms with Crippen molar-refractivity contribution in [2.75, 3.05) is 13.1 Å². The summed E-state index contributed by atoms with van der Waals surface area (Å²) < 4.78 is 5.11. The average molecular weight is 320 g/mol. The molecule has 1 aliphatic heterocycles.